The number of nitrogens with one attached hydrogen (secondary N) is 1. The predicted octanol–water partition coefficient (Wildman–Crippen LogP) is 3.35. The quantitative estimate of drug-likeness (QED) is 0.841. The van der Waals surface area contributed by atoms with Crippen LogP contribution < -0.4 is 5.32 Å². The number of rotatable bonds is 5. The number of esters is 1. The first-order valence-corrected chi connectivity index (χ1v) is 7.96. The lowest BCUT2D eigenvalue weighted by Crippen LogP contribution is -2.58. The Morgan fingerprint density at radius 1 is 1.58 bits per heavy atom. The second-order valence-electron chi connectivity index (χ2n) is 5.25. The highest BCUT2D eigenvalue weighted by Crippen LogP contribution is 2.37. The Labute approximate surface area is 119 Å². The molecule has 1 saturated carbocycles. The summed E-state index contributed by atoms with van der Waals surface area (Å²) in [6, 6.07) is 4.15. The molecule has 0 spiro atoms. The van der Waals surface area contributed by atoms with Crippen molar-refractivity contribution in [3.05, 3.63) is 22.4 Å². The van der Waals surface area contributed by atoms with E-state index in [-0.39, 0.29) is 5.97 Å². The molecule has 2 rings (SSSR count). The molecule has 0 aromatic carbocycles. The van der Waals surface area contributed by atoms with E-state index in [1.165, 1.54) is 18.4 Å². The van der Waals surface area contributed by atoms with Gasteiger partial charge in [-0.05, 0) is 30.2 Å². The molecule has 1 aliphatic carbocycles. The van der Waals surface area contributed by atoms with Crippen LogP contribution in [0, 0.1) is 5.92 Å². The van der Waals surface area contributed by atoms with E-state index < -0.39 is 5.54 Å². The summed E-state index contributed by atoms with van der Waals surface area (Å²) in [7, 11) is 1.50. The van der Waals surface area contributed by atoms with Crippen LogP contribution in [0.25, 0.3) is 0 Å². The van der Waals surface area contributed by atoms with Crippen molar-refractivity contribution in [1.29, 1.82) is 0 Å². The van der Waals surface area contributed by atoms with E-state index in [9.17, 15) is 4.79 Å². The van der Waals surface area contributed by atoms with Crippen molar-refractivity contribution in [1.82, 2.24) is 5.32 Å². The van der Waals surface area contributed by atoms with E-state index in [1.54, 1.807) is 11.3 Å². The van der Waals surface area contributed by atoms with Gasteiger partial charge in [-0.1, -0.05) is 32.3 Å². The van der Waals surface area contributed by atoms with Crippen molar-refractivity contribution in [2.75, 3.05) is 7.11 Å². The molecule has 106 valence electrons. The van der Waals surface area contributed by atoms with E-state index in [0.717, 1.165) is 32.2 Å². The molecule has 1 heterocycles. The Bertz CT molecular complexity index is 404. The van der Waals surface area contributed by atoms with Crippen molar-refractivity contribution in [3.8, 4) is 0 Å². The number of ether oxygens (including phenoxy) is 1. The highest BCUT2D eigenvalue weighted by Gasteiger charge is 2.46. The van der Waals surface area contributed by atoms with Crippen molar-refractivity contribution >= 4 is 17.3 Å². The van der Waals surface area contributed by atoms with Crippen molar-refractivity contribution in [2.24, 2.45) is 5.92 Å². The number of hydrogen-bond acceptors (Lipinski definition) is 4. The van der Waals surface area contributed by atoms with Gasteiger partial charge in [0.25, 0.3) is 0 Å². The highest BCUT2D eigenvalue weighted by atomic mass is 32.1. The van der Waals surface area contributed by atoms with E-state index in [2.05, 4.69) is 23.7 Å². The summed E-state index contributed by atoms with van der Waals surface area (Å²) in [6.07, 6.45) is 5.35. The molecular formula is C15H23NO2S. The van der Waals surface area contributed by atoms with E-state index >= 15 is 0 Å². The summed E-state index contributed by atoms with van der Waals surface area (Å²) in [4.78, 5) is 13.6. The minimum absolute atomic E-state index is 0.0874. The molecule has 0 amide bonds. The lowest BCUT2D eigenvalue weighted by molar-refractivity contribution is -0.153. The van der Waals surface area contributed by atoms with Crippen molar-refractivity contribution in [3.63, 3.8) is 0 Å². The van der Waals surface area contributed by atoms with Crippen LogP contribution in [0.5, 0.6) is 0 Å². The van der Waals surface area contributed by atoms with Gasteiger partial charge in [-0.25, -0.2) is 0 Å². The standard InChI is InChI=1S/C15H23NO2S/c1-3-12-7-4-5-9-15(12,14(17)18-2)16-11-13-8-6-10-19-13/h6,8,10,12,16H,3-5,7,9,11H2,1-2H3. The van der Waals surface area contributed by atoms with Gasteiger partial charge in [-0.2, -0.15) is 0 Å². The van der Waals surface area contributed by atoms with Gasteiger partial charge < -0.3 is 4.74 Å². The number of hydrogen-bond donors (Lipinski definition) is 1. The first-order valence-electron chi connectivity index (χ1n) is 7.08. The first-order chi connectivity index (χ1) is 9.23. The third-order valence-electron chi connectivity index (χ3n) is 4.27. The lowest BCUT2D eigenvalue weighted by Gasteiger charge is -2.42. The molecule has 1 aromatic rings. The third kappa shape index (κ3) is 3.00. The fraction of sp³-hybridized carbons (Fsp3) is 0.667. The average molecular weight is 281 g/mol. The van der Waals surface area contributed by atoms with Crippen LogP contribution in [0.4, 0.5) is 0 Å². The molecule has 0 saturated heterocycles. The molecule has 1 fully saturated rings. The monoisotopic (exact) mass is 281 g/mol. The van der Waals surface area contributed by atoms with Gasteiger partial charge in [0.05, 0.1) is 7.11 Å². The van der Waals surface area contributed by atoms with E-state index in [0.29, 0.717) is 5.92 Å². The molecule has 1 aromatic heterocycles. The van der Waals surface area contributed by atoms with E-state index in [4.69, 9.17) is 4.74 Å². The van der Waals surface area contributed by atoms with Gasteiger partial charge in [0.15, 0.2) is 0 Å². The normalized spacial score (nSPS) is 27.2. The molecule has 2 unspecified atom stereocenters. The average Bonchev–Trinajstić information content (AvgIpc) is 2.97. The maximum Gasteiger partial charge on any atom is 0.326 e. The summed E-state index contributed by atoms with van der Waals surface area (Å²) in [5.74, 6) is 0.296. The fourth-order valence-corrected chi connectivity index (χ4v) is 3.86. The zero-order chi connectivity index (χ0) is 13.7. The second-order valence-corrected chi connectivity index (χ2v) is 6.28. The zero-order valence-corrected chi connectivity index (χ0v) is 12.6. The largest absolute Gasteiger partial charge is 0.468 e. The van der Waals surface area contributed by atoms with Crippen LogP contribution in [0.2, 0.25) is 0 Å². The predicted molar refractivity (Wildman–Crippen MR) is 78.2 cm³/mol. The van der Waals surface area contributed by atoms with Gasteiger partial charge in [-0.3, -0.25) is 10.1 Å². The Morgan fingerprint density at radius 3 is 3.05 bits per heavy atom. The summed E-state index contributed by atoms with van der Waals surface area (Å²) in [6.45, 7) is 2.92. The van der Waals surface area contributed by atoms with Gasteiger partial charge in [0.2, 0.25) is 0 Å². The molecule has 1 N–H and O–H groups in total. The smallest absolute Gasteiger partial charge is 0.326 e. The molecule has 19 heavy (non-hydrogen) atoms. The summed E-state index contributed by atoms with van der Waals surface area (Å²) in [5.41, 5.74) is -0.480. The Kier molecular flexibility index (Phi) is 4.99. The van der Waals surface area contributed by atoms with E-state index in [1.807, 2.05) is 6.07 Å². The number of carbonyl (C=O) groups is 1. The Hall–Kier alpha value is -0.870. The van der Waals surface area contributed by atoms with Gasteiger partial charge >= 0.3 is 5.97 Å². The maximum absolute atomic E-state index is 12.3. The van der Waals surface area contributed by atoms with Crippen LogP contribution in [-0.4, -0.2) is 18.6 Å². The Morgan fingerprint density at radius 2 is 2.42 bits per heavy atom. The molecule has 0 aliphatic heterocycles. The van der Waals surface area contributed by atoms with Crippen LogP contribution in [0.1, 0.15) is 43.9 Å². The molecule has 2 atom stereocenters. The van der Waals surface area contributed by atoms with Crippen molar-refractivity contribution in [2.45, 2.75) is 51.1 Å². The molecule has 3 nitrogen and oxygen atoms in total. The Balaban J connectivity index is 2.15. The van der Waals surface area contributed by atoms with Crippen LogP contribution in [0.15, 0.2) is 17.5 Å². The van der Waals surface area contributed by atoms with Gasteiger partial charge in [0, 0.05) is 11.4 Å². The zero-order valence-electron chi connectivity index (χ0n) is 11.8. The highest BCUT2D eigenvalue weighted by molar-refractivity contribution is 7.09. The number of methoxy groups -OCH3 is 1. The van der Waals surface area contributed by atoms with Crippen molar-refractivity contribution < 1.29 is 9.53 Å². The molecule has 1 aliphatic rings. The summed E-state index contributed by atoms with van der Waals surface area (Å²) < 4.78 is 5.10. The topological polar surface area (TPSA) is 38.3 Å². The van der Waals surface area contributed by atoms with Crippen LogP contribution >= 0.6 is 11.3 Å². The molecule has 0 radical (unpaired) electrons. The van der Waals surface area contributed by atoms with Crippen LogP contribution in [-0.2, 0) is 16.1 Å². The number of thiophene rings is 1. The number of carbonyl (C=O) groups excluding carboxylic acids is 1. The molecular weight excluding hydrogens is 258 g/mol. The minimum atomic E-state index is -0.480. The van der Waals surface area contributed by atoms with Gasteiger partial charge in [0.1, 0.15) is 5.54 Å². The fourth-order valence-electron chi connectivity index (χ4n) is 3.21. The lowest BCUT2D eigenvalue weighted by atomic mass is 9.71. The molecule has 0 bridgehead atoms. The summed E-state index contributed by atoms with van der Waals surface area (Å²) >= 11 is 1.72. The third-order valence-corrected chi connectivity index (χ3v) is 5.15. The minimum Gasteiger partial charge on any atom is -0.468 e. The first kappa shape index (κ1) is 14.5. The maximum atomic E-state index is 12.3. The van der Waals surface area contributed by atoms with Crippen LogP contribution in [0.3, 0.4) is 0 Å². The summed E-state index contributed by atoms with van der Waals surface area (Å²) in [5, 5.41) is 5.59. The SMILES string of the molecule is CCC1CCCCC1(NCc1cccs1)C(=O)OC. The second kappa shape index (κ2) is 6.53. The van der Waals surface area contributed by atoms with Gasteiger partial charge in [-0.15, -0.1) is 11.3 Å². The molecule has 4 heteroatoms.